The van der Waals surface area contributed by atoms with Crippen molar-refractivity contribution < 1.29 is 18.7 Å². The molecule has 0 unspecified atom stereocenters. The number of likely N-dealkylation sites (tertiary alicyclic amines) is 1. The standard InChI is InChI=1S/C27H26FN3O3S/c1-16-12-24(30-26(32)18-4-3-5-19(28)13-18)35-25(16)27(33)31-10-8-17(9-11-31)22-15-29-23-7-6-20(34-2)14-21(22)23/h3-7,12-15,17,29H,8-11H2,1-2H3,(H,30,32). The number of aromatic nitrogens is 1. The van der Waals surface area contributed by atoms with Crippen LogP contribution in [0.1, 0.15) is 49.9 Å². The number of H-pyrrole nitrogens is 1. The third-order valence-electron chi connectivity index (χ3n) is 6.58. The molecule has 2 aromatic heterocycles. The largest absolute Gasteiger partial charge is 0.497 e. The molecule has 0 saturated carbocycles. The highest BCUT2D eigenvalue weighted by Crippen LogP contribution is 2.36. The lowest BCUT2D eigenvalue weighted by Gasteiger charge is -2.32. The lowest BCUT2D eigenvalue weighted by molar-refractivity contribution is 0.0717. The molecule has 1 saturated heterocycles. The zero-order chi connectivity index (χ0) is 24.5. The van der Waals surface area contributed by atoms with Crippen LogP contribution in [-0.4, -0.2) is 41.9 Å². The monoisotopic (exact) mass is 491 g/mol. The lowest BCUT2D eigenvalue weighted by Crippen LogP contribution is -2.37. The molecule has 35 heavy (non-hydrogen) atoms. The van der Waals surface area contributed by atoms with Crippen molar-refractivity contribution in [1.82, 2.24) is 9.88 Å². The summed E-state index contributed by atoms with van der Waals surface area (Å²) in [4.78, 5) is 31.6. The Morgan fingerprint density at radius 3 is 2.69 bits per heavy atom. The number of methoxy groups -OCH3 is 1. The number of aromatic amines is 1. The van der Waals surface area contributed by atoms with Crippen molar-refractivity contribution in [2.75, 3.05) is 25.5 Å². The molecule has 2 N–H and O–H groups in total. The number of hydrogen-bond donors (Lipinski definition) is 2. The number of nitrogens with one attached hydrogen (secondary N) is 2. The molecule has 180 valence electrons. The summed E-state index contributed by atoms with van der Waals surface area (Å²) < 4.78 is 18.8. The molecule has 1 aliphatic heterocycles. The first-order valence-corrected chi connectivity index (χ1v) is 12.4. The second-order valence-corrected chi connectivity index (χ2v) is 9.86. The number of amides is 2. The number of benzene rings is 2. The van der Waals surface area contributed by atoms with E-state index < -0.39 is 11.7 Å². The van der Waals surface area contributed by atoms with E-state index in [1.807, 2.05) is 24.0 Å². The second-order valence-electron chi connectivity index (χ2n) is 8.81. The Bertz CT molecular complexity index is 1400. The van der Waals surface area contributed by atoms with E-state index in [0.29, 0.717) is 28.9 Å². The van der Waals surface area contributed by atoms with Gasteiger partial charge in [-0.3, -0.25) is 9.59 Å². The van der Waals surface area contributed by atoms with Gasteiger partial charge in [-0.05, 0) is 79.3 Å². The first-order chi connectivity index (χ1) is 16.9. The summed E-state index contributed by atoms with van der Waals surface area (Å²) in [6.07, 6.45) is 3.83. The Labute approximate surface area is 206 Å². The number of aryl methyl sites for hydroxylation is 1. The van der Waals surface area contributed by atoms with E-state index in [4.69, 9.17) is 4.74 Å². The third kappa shape index (κ3) is 4.66. The first kappa shape index (κ1) is 23.1. The van der Waals surface area contributed by atoms with Gasteiger partial charge in [0.2, 0.25) is 0 Å². The third-order valence-corrected chi connectivity index (χ3v) is 7.72. The normalized spacial score (nSPS) is 14.3. The molecule has 0 aliphatic carbocycles. The predicted octanol–water partition coefficient (Wildman–Crippen LogP) is 5.96. The van der Waals surface area contributed by atoms with Crippen molar-refractivity contribution >= 4 is 39.1 Å². The minimum Gasteiger partial charge on any atom is -0.497 e. The van der Waals surface area contributed by atoms with E-state index in [9.17, 15) is 14.0 Å². The van der Waals surface area contributed by atoms with Crippen molar-refractivity contribution in [2.24, 2.45) is 0 Å². The lowest BCUT2D eigenvalue weighted by atomic mass is 9.89. The van der Waals surface area contributed by atoms with E-state index in [1.165, 1.54) is 40.5 Å². The molecule has 5 rings (SSSR count). The Hall–Kier alpha value is -3.65. The maximum Gasteiger partial charge on any atom is 0.264 e. The number of thiophene rings is 1. The Kier molecular flexibility index (Phi) is 6.30. The number of hydrogen-bond acceptors (Lipinski definition) is 4. The molecule has 1 aliphatic rings. The number of nitrogens with zero attached hydrogens (tertiary/aromatic N) is 1. The summed E-state index contributed by atoms with van der Waals surface area (Å²) in [6.45, 7) is 3.21. The van der Waals surface area contributed by atoms with Gasteiger partial charge in [0.1, 0.15) is 11.6 Å². The van der Waals surface area contributed by atoms with Crippen molar-refractivity contribution in [3.05, 3.63) is 82.1 Å². The van der Waals surface area contributed by atoms with Gasteiger partial charge in [0.25, 0.3) is 11.8 Å². The SMILES string of the molecule is COc1ccc2[nH]cc(C3CCN(C(=O)c4sc(NC(=O)c5cccc(F)c5)cc4C)CC3)c2c1. The molecule has 4 aromatic rings. The van der Waals surface area contributed by atoms with Crippen LogP contribution in [0.15, 0.2) is 54.7 Å². The molecular formula is C27H26FN3O3S. The van der Waals surface area contributed by atoms with Crippen LogP contribution in [0.3, 0.4) is 0 Å². The average molecular weight is 492 g/mol. The number of carbonyl (C=O) groups is 2. The highest BCUT2D eigenvalue weighted by atomic mass is 32.1. The minimum absolute atomic E-state index is 0.0159. The zero-order valence-corrected chi connectivity index (χ0v) is 20.4. The molecule has 2 aromatic carbocycles. The van der Waals surface area contributed by atoms with E-state index in [1.54, 1.807) is 19.2 Å². The minimum atomic E-state index is -0.467. The highest BCUT2D eigenvalue weighted by Gasteiger charge is 2.28. The summed E-state index contributed by atoms with van der Waals surface area (Å²) in [5.74, 6) is 0.315. The van der Waals surface area contributed by atoms with Gasteiger partial charge in [-0.25, -0.2) is 4.39 Å². The molecule has 2 amide bonds. The van der Waals surface area contributed by atoms with E-state index in [2.05, 4.69) is 22.6 Å². The molecular weight excluding hydrogens is 465 g/mol. The van der Waals surface area contributed by atoms with Crippen LogP contribution in [0.5, 0.6) is 5.75 Å². The first-order valence-electron chi connectivity index (χ1n) is 11.5. The van der Waals surface area contributed by atoms with Gasteiger partial charge in [-0.1, -0.05) is 6.07 Å². The van der Waals surface area contributed by atoms with Crippen LogP contribution in [0, 0.1) is 12.7 Å². The molecule has 6 nitrogen and oxygen atoms in total. The second kappa shape index (κ2) is 9.54. The Balaban J connectivity index is 1.25. The molecule has 0 spiro atoms. The maximum atomic E-state index is 13.4. The molecule has 3 heterocycles. The van der Waals surface area contributed by atoms with E-state index in [0.717, 1.165) is 29.7 Å². The van der Waals surface area contributed by atoms with Gasteiger partial charge >= 0.3 is 0 Å². The fourth-order valence-electron chi connectivity index (χ4n) is 4.69. The number of rotatable bonds is 5. The number of carbonyl (C=O) groups excluding carboxylic acids is 2. The topological polar surface area (TPSA) is 74.4 Å². The van der Waals surface area contributed by atoms with Gasteiger partial charge in [0.15, 0.2) is 0 Å². The van der Waals surface area contributed by atoms with Gasteiger partial charge in [-0.15, -0.1) is 11.3 Å². The number of ether oxygens (including phenoxy) is 1. The van der Waals surface area contributed by atoms with Crippen LogP contribution in [0.4, 0.5) is 9.39 Å². The molecule has 0 atom stereocenters. The van der Waals surface area contributed by atoms with Crippen molar-refractivity contribution in [3.63, 3.8) is 0 Å². The molecule has 0 radical (unpaired) electrons. The summed E-state index contributed by atoms with van der Waals surface area (Å²) in [7, 11) is 1.67. The molecule has 1 fully saturated rings. The quantitative estimate of drug-likeness (QED) is 0.362. The fourth-order valence-corrected chi connectivity index (χ4v) is 5.73. The number of halogens is 1. The highest BCUT2D eigenvalue weighted by molar-refractivity contribution is 7.18. The number of piperidine rings is 1. The number of anilines is 1. The van der Waals surface area contributed by atoms with Crippen molar-refractivity contribution in [3.8, 4) is 5.75 Å². The average Bonchev–Trinajstić information content (AvgIpc) is 3.46. The van der Waals surface area contributed by atoms with Crippen molar-refractivity contribution in [2.45, 2.75) is 25.7 Å². The smallest absolute Gasteiger partial charge is 0.264 e. The summed E-state index contributed by atoms with van der Waals surface area (Å²) in [6, 6.07) is 13.4. The number of fused-ring (bicyclic) bond motifs is 1. The predicted molar refractivity (Wildman–Crippen MR) is 136 cm³/mol. The fraction of sp³-hybridized carbons (Fsp3) is 0.259. The molecule has 8 heteroatoms. The molecule has 0 bridgehead atoms. The van der Waals surface area contributed by atoms with Crippen LogP contribution >= 0.6 is 11.3 Å². The van der Waals surface area contributed by atoms with Gasteiger partial charge < -0.3 is 19.9 Å². The summed E-state index contributed by atoms with van der Waals surface area (Å²) >= 11 is 1.26. The van der Waals surface area contributed by atoms with Gasteiger partial charge in [0, 0.05) is 35.8 Å². The Morgan fingerprint density at radius 1 is 1.14 bits per heavy atom. The van der Waals surface area contributed by atoms with Crippen LogP contribution in [-0.2, 0) is 0 Å². The van der Waals surface area contributed by atoms with E-state index in [-0.39, 0.29) is 11.5 Å². The zero-order valence-electron chi connectivity index (χ0n) is 19.6. The van der Waals surface area contributed by atoms with E-state index >= 15 is 0 Å². The van der Waals surface area contributed by atoms with Crippen LogP contribution in [0.25, 0.3) is 10.9 Å². The Morgan fingerprint density at radius 2 is 1.94 bits per heavy atom. The van der Waals surface area contributed by atoms with Gasteiger partial charge in [-0.2, -0.15) is 0 Å². The van der Waals surface area contributed by atoms with Gasteiger partial charge in [0.05, 0.1) is 17.0 Å². The van der Waals surface area contributed by atoms with Crippen molar-refractivity contribution in [1.29, 1.82) is 0 Å². The van der Waals surface area contributed by atoms with Crippen LogP contribution < -0.4 is 10.1 Å². The summed E-state index contributed by atoms with van der Waals surface area (Å²) in [5.41, 5.74) is 3.41. The summed E-state index contributed by atoms with van der Waals surface area (Å²) in [5, 5.41) is 4.53. The van der Waals surface area contributed by atoms with Crippen LogP contribution in [0.2, 0.25) is 0 Å². The maximum absolute atomic E-state index is 13.4.